The number of sulfonamides is 1. The number of hydrogen-bond acceptors (Lipinski definition) is 3. The molecule has 0 saturated carbocycles. The summed E-state index contributed by atoms with van der Waals surface area (Å²) < 4.78 is 39.9. The van der Waals surface area contributed by atoms with Gasteiger partial charge in [0, 0.05) is 32.4 Å². The van der Waals surface area contributed by atoms with E-state index in [-0.39, 0.29) is 28.9 Å². The molecule has 1 saturated heterocycles. The van der Waals surface area contributed by atoms with Crippen molar-refractivity contribution in [2.24, 2.45) is 0 Å². The molecule has 26 heavy (non-hydrogen) atoms. The number of aromatic amines is 1. The monoisotopic (exact) mass is 379 g/mol. The zero-order valence-electron chi connectivity index (χ0n) is 14.6. The molecule has 1 aliphatic heterocycles. The summed E-state index contributed by atoms with van der Waals surface area (Å²) in [5.41, 5.74) is 0.887. The first kappa shape index (κ1) is 18.6. The largest absolute Gasteiger partial charge is 0.356 e. The Bertz CT molecular complexity index is 889. The predicted molar refractivity (Wildman–Crippen MR) is 95.6 cm³/mol. The summed E-state index contributed by atoms with van der Waals surface area (Å²) in [6, 6.07) is 7.45. The summed E-state index contributed by atoms with van der Waals surface area (Å²) in [6.45, 7) is 3.51. The lowest BCUT2D eigenvalue weighted by molar-refractivity contribution is 0.0747. The molecule has 1 N–H and O–H groups in total. The number of H-pyrrole nitrogens is 1. The van der Waals surface area contributed by atoms with Crippen molar-refractivity contribution in [2.45, 2.75) is 31.2 Å². The van der Waals surface area contributed by atoms with Crippen molar-refractivity contribution in [2.75, 3.05) is 19.6 Å². The maximum Gasteiger partial charge on any atom is 0.270 e. The first-order valence-corrected chi connectivity index (χ1v) is 10.1. The summed E-state index contributed by atoms with van der Waals surface area (Å²) in [4.78, 5) is 17.1. The van der Waals surface area contributed by atoms with Gasteiger partial charge in [-0.2, -0.15) is 4.31 Å². The Hall–Kier alpha value is -2.19. The molecule has 0 spiro atoms. The molecule has 2 heterocycles. The van der Waals surface area contributed by atoms with Gasteiger partial charge in [0.05, 0.1) is 0 Å². The van der Waals surface area contributed by atoms with E-state index < -0.39 is 10.0 Å². The minimum atomic E-state index is -3.57. The highest BCUT2D eigenvalue weighted by Crippen LogP contribution is 2.22. The third-order valence-corrected chi connectivity index (χ3v) is 6.40. The Labute approximate surface area is 152 Å². The van der Waals surface area contributed by atoms with E-state index in [9.17, 15) is 17.6 Å². The molecule has 0 atom stereocenters. The smallest absolute Gasteiger partial charge is 0.270 e. The van der Waals surface area contributed by atoms with Crippen molar-refractivity contribution < 1.29 is 17.6 Å². The number of rotatable bonds is 6. The molecule has 2 aromatic rings. The number of nitrogens with one attached hydrogen (secondary N) is 1. The molecular formula is C18H22FN3O3S. The molecule has 1 aliphatic rings. The van der Waals surface area contributed by atoms with Gasteiger partial charge in [-0.05, 0) is 43.5 Å². The second-order valence-electron chi connectivity index (χ2n) is 6.31. The fourth-order valence-electron chi connectivity index (χ4n) is 3.08. The molecule has 0 bridgehead atoms. The van der Waals surface area contributed by atoms with Crippen molar-refractivity contribution in [1.29, 1.82) is 0 Å². The number of aromatic nitrogens is 1. The van der Waals surface area contributed by atoms with E-state index in [1.54, 1.807) is 12.1 Å². The van der Waals surface area contributed by atoms with E-state index in [2.05, 4.69) is 4.98 Å². The van der Waals surface area contributed by atoms with Gasteiger partial charge in [0.15, 0.2) is 0 Å². The fourth-order valence-corrected chi connectivity index (χ4v) is 4.59. The van der Waals surface area contributed by atoms with Crippen LogP contribution >= 0.6 is 0 Å². The third kappa shape index (κ3) is 3.81. The van der Waals surface area contributed by atoms with Crippen LogP contribution in [0.2, 0.25) is 0 Å². The Kier molecular flexibility index (Phi) is 5.43. The van der Waals surface area contributed by atoms with E-state index in [0.717, 1.165) is 12.8 Å². The van der Waals surface area contributed by atoms with Gasteiger partial charge in [0.25, 0.3) is 5.91 Å². The molecule has 0 radical (unpaired) electrons. The highest BCUT2D eigenvalue weighted by molar-refractivity contribution is 7.89. The molecule has 6 nitrogen and oxygen atoms in total. The number of amides is 1. The summed E-state index contributed by atoms with van der Waals surface area (Å²) in [6.07, 6.45) is 3.07. The zero-order chi connectivity index (χ0) is 18.7. The van der Waals surface area contributed by atoms with Crippen LogP contribution in [0.15, 0.2) is 41.4 Å². The summed E-state index contributed by atoms with van der Waals surface area (Å²) in [7, 11) is -3.57. The lowest BCUT2D eigenvalue weighted by Crippen LogP contribution is -2.30. The lowest BCUT2D eigenvalue weighted by Gasteiger charge is -2.20. The van der Waals surface area contributed by atoms with Crippen molar-refractivity contribution in [1.82, 2.24) is 14.2 Å². The van der Waals surface area contributed by atoms with Crippen molar-refractivity contribution >= 4 is 15.9 Å². The van der Waals surface area contributed by atoms with Gasteiger partial charge in [-0.25, -0.2) is 12.8 Å². The van der Waals surface area contributed by atoms with Crippen LogP contribution in [0.4, 0.5) is 4.39 Å². The third-order valence-electron chi connectivity index (χ3n) is 4.52. The number of carbonyl (C=O) groups excluding carboxylic acids is 1. The maximum absolute atomic E-state index is 13.3. The van der Waals surface area contributed by atoms with Gasteiger partial charge < -0.3 is 9.88 Å². The average Bonchev–Trinajstić information content (AvgIpc) is 3.31. The van der Waals surface area contributed by atoms with Gasteiger partial charge in [-0.3, -0.25) is 4.79 Å². The lowest BCUT2D eigenvalue weighted by atomic mass is 10.2. The first-order valence-electron chi connectivity index (χ1n) is 8.64. The molecule has 0 aliphatic carbocycles. The normalized spacial score (nSPS) is 15.3. The van der Waals surface area contributed by atoms with Crippen molar-refractivity contribution in [3.05, 3.63) is 53.6 Å². The highest BCUT2D eigenvalue weighted by atomic mass is 32.2. The summed E-state index contributed by atoms with van der Waals surface area (Å²) in [5.74, 6) is -0.676. The van der Waals surface area contributed by atoms with Gasteiger partial charge in [-0.1, -0.05) is 12.1 Å². The Balaban J connectivity index is 1.77. The molecular weight excluding hydrogens is 357 g/mol. The zero-order valence-corrected chi connectivity index (χ0v) is 15.4. The Morgan fingerprint density at radius 1 is 1.27 bits per heavy atom. The molecule has 8 heteroatoms. The standard InChI is InChI=1S/C18H22FN3O3S/c1-2-21(13-14-6-5-7-15(19)10-14)18(23)17-11-16(12-20-17)26(24,25)22-8-3-4-9-22/h5-7,10-12,20H,2-4,8-9,13H2,1H3. The number of halogens is 1. The van der Waals surface area contributed by atoms with Crippen LogP contribution in [-0.4, -0.2) is 48.1 Å². The first-order chi connectivity index (χ1) is 12.4. The molecule has 0 unspecified atom stereocenters. The average molecular weight is 379 g/mol. The molecule has 1 amide bonds. The van der Waals surface area contributed by atoms with Gasteiger partial charge in [0.2, 0.25) is 10.0 Å². The number of carbonyl (C=O) groups is 1. The van der Waals surface area contributed by atoms with E-state index in [1.165, 1.54) is 33.6 Å². The summed E-state index contributed by atoms with van der Waals surface area (Å²) >= 11 is 0. The summed E-state index contributed by atoms with van der Waals surface area (Å²) in [5, 5.41) is 0. The quantitative estimate of drug-likeness (QED) is 0.838. The van der Waals surface area contributed by atoms with Crippen LogP contribution < -0.4 is 0 Å². The van der Waals surface area contributed by atoms with E-state index in [0.29, 0.717) is 25.2 Å². The van der Waals surface area contributed by atoms with E-state index in [4.69, 9.17) is 0 Å². The van der Waals surface area contributed by atoms with Gasteiger partial charge in [-0.15, -0.1) is 0 Å². The molecule has 3 rings (SSSR count). The second kappa shape index (κ2) is 7.59. The van der Waals surface area contributed by atoms with Crippen LogP contribution in [-0.2, 0) is 16.6 Å². The minimum absolute atomic E-state index is 0.101. The van der Waals surface area contributed by atoms with Crippen LogP contribution in [0.25, 0.3) is 0 Å². The molecule has 1 aromatic carbocycles. The minimum Gasteiger partial charge on any atom is -0.356 e. The number of nitrogens with zero attached hydrogens (tertiary/aromatic N) is 2. The van der Waals surface area contributed by atoms with Crippen molar-refractivity contribution in [3.63, 3.8) is 0 Å². The van der Waals surface area contributed by atoms with Crippen LogP contribution in [0.5, 0.6) is 0 Å². The molecule has 1 fully saturated rings. The fraction of sp³-hybridized carbons (Fsp3) is 0.389. The van der Waals surface area contributed by atoms with Crippen LogP contribution in [0.1, 0.15) is 35.8 Å². The molecule has 140 valence electrons. The Morgan fingerprint density at radius 3 is 2.65 bits per heavy atom. The Morgan fingerprint density at radius 2 is 2.00 bits per heavy atom. The van der Waals surface area contributed by atoms with Gasteiger partial charge >= 0.3 is 0 Å². The highest BCUT2D eigenvalue weighted by Gasteiger charge is 2.29. The van der Waals surface area contributed by atoms with Crippen LogP contribution in [0, 0.1) is 5.82 Å². The molecule has 1 aromatic heterocycles. The van der Waals surface area contributed by atoms with Gasteiger partial charge in [0.1, 0.15) is 16.4 Å². The maximum atomic E-state index is 13.3. The predicted octanol–water partition coefficient (Wildman–Crippen LogP) is 2.60. The van der Waals surface area contributed by atoms with Crippen molar-refractivity contribution in [3.8, 4) is 0 Å². The van der Waals surface area contributed by atoms with E-state index in [1.807, 2.05) is 6.92 Å². The number of benzene rings is 1. The second-order valence-corrected chi connectivity index (χ2v) is 8.25. The number of hydrogen-bond donors (Lipinski definition) is 1. The van der Waals surface area contributed by atoms with Crippen LogP contribution in [0.3, 0.4) is 0 Å². The SMILES string of the molecule is CCN(Cc1cccc(F)c1)C(=O)c1cc(S(=O)(=O)N2CCCC2)c[nH]1. The van der Waals surface area contributed by atoms with E-state index >= 15 is 0 Å². The topological polar surface area (TPSA) is 73.5 Å².